The molecule has 5 nitrogen and oxygen atoms in total. The van der Waals surface area contributed by atoms with Crippen molar-refractivity contribution in [3.8, 4) is 0 Å². The first-order valence-electron chi connectivity index (χ1n) is 7.98. The lowest BCUT2D eigenvalue weighted by molar-refractivity contribution is -0.132. The van der Waals surface area contributed by atoms with E-state index >= 15 is 0 Å². The van der Waals surface area contributed by atoms with E-state index in [1.165, 1.54) is 0 Å². The van der Waals surface area contributed by atoms with Gasteiger partial charge < -0.3 is 5.32 Å². The van der Waals surface area contributed by atoms with Gasteiger partial charge in [-0.15, -0.1) is 0 Å². The summed E-state index contributed by atoms with van der Waals surface area (Å²) in [6.07, 6.45) is 0. The Kier molecular flexibility index (Phi) is 3.93. The number of hydrogen-bond donors (Lipinski definition) is 1. The van der Waals surface area contributed by atoms with Crippen LogP contribution in [-0.2, 0) is 11.3 Å². The highest BCUT2D eigenvalue weighted by Crippen LogP contribution is 2.20. The van der Waals surface area contributed by atoms with Gasteiger partial charge in [0.2, 0.25) is 5.91 Å². The van der Waals surface area contributed by atoms with Crippen molar-refractivity contribution >= 4 is 28.4 Å². The molecule has 0 saturated carbocycles. The van der Waals surface area contributed by atoms with E-state index < -0.39 is 0 Å². The van der Waals surface area contributed by atoms with Gasteiger partial charge in [0.15, 0.2) is 0 Å². The molecular formula is C17H19ClN4O. The minimum absolute atomic E-state index is 0.0169. The molecule has 0 bridgehead atoms. The van der Waals surface area contributed by atoms with Gasteiger partial charge in [-0.2, -0.15) is 0 Å². The summed E-state index contributed by atoms with van der Waals surface area (Å²) < 4.78 is 0. The van der Waals surface area contributed by atoms with Crippen molar-refractivity contribution in [1.82, 2.24) is 20.1 Å². The Hall–Kier alpha value is -1.69. The van der Waals surface area contributed by atoms with Gasteiger partial charge in [0.25, 0.3) is 0 Å². The summed E-state index contributed by atoms with van der Waals surface area (Å²) in [6, 6.07) is 9.84. The zero-order chi connectivity index (χ0) is 15.8. The number of nitrogens with zero attached hydrogens (tertiary/aromatic N) is 3. The van der Waals surface area contributed by atoms with E-state index in [-0.39, 0.29) is 11.9 Å². The molecule has 1 aromatic heterocycles. The molecule has 2 saturated heterocycles. The van der Waals surface area contributed by atoms with Gasteiger partial charge in [-0.05, 0) is 24.3 Å². The molecule has 2 aromatic rings. The van der Waals surface area contributed by atoms with Crippen LogP contribution in [0, 0.1) is 0 Å². The van der Waals surface area contributed by atoms with Crippen LogP contribution in [0.2, 0.25) is 5.02 Å². The quantitative estimate of drug-likeness (QED) is 0.906. The number of amides is 1. The SMILES string of the molecule is O=C1NCCN2CCN(Cc3ccc4cc(Cl)ccc4n3)CC12. The second kappa shape index (κ2) is 6.07. The topological polar surface area (TPSA) is 48.5 Å². The lowest BCUT2D eigenvalue weighted by atomic mass is 10.1. The molecule has 0 radical (unpaired) electrons. The maximum Gasteiger partial charge on any atom is 0.238 e. The van der Waals surface area contributed by atoms with E-state index in [0.717, 1.165) is 60.9 Å². The third-order valence-electron chi connectivity index (χ3n) is 4.67. The zero-order valence-electron chi connectivity index (χ0n) is 12.8. The van der Waals surface area contributed by atoms with Crippen LogP contribution in [-0.4, -0.2) is 59.5 Å². The van der Waals surface area contributed by atoms with Gasteiger partial charge in [-0.25, -0.2) is 0 Å². The fourth-order valence-corrected chi connectivity index (χ4v) is 3.61. The lowest BCUT2D eigenvalue weighted by Gasteiger charge is -2.42. The van der Waals surface area contributed by atoms with E-state index in [9.17, 15) is 4.79 Å². The second-order valence-corrected chi connectivity index (χ2v) is 6.65. The second-order valence-electron chi connectivity index (χ2n) is 6.22. The number of carbonyl (C=O) groups is 1. The Morgan fingerprint density at radius 3 is 3.04 bits per heavy atom. The number of nitrogens with one attached hydrogen (secondary N) is 1. The molecule has 120 valence electrons. The summed E-state index contributed by atoms with van der Waals surface area (Å²) in [6.45, 7) is 5.19. The summed E-state index contributed by atoms with van der Waals surface area (Å²) in [7, 11) is 0. The third-order valence-corrected chi connectivity index (χ3v) is 4.91. The molecule has 2 fully saturated rings. The number of carbonyl (C=O) groups excluding carboxylic acids is 1. The van der Waals surface area contributed by atoms with Crippen LogP contribution in [0.25, 0.3) is 10.9 Å². The summed E-state index contributed by atoms with van der Waals surface area (Å²) in [5.41, 5.74) is 1.99. The zero-order valence-corrected chi connectivity index (χ0v) is 13.6. The lowest BCUT2D eigenvalue weighted by Crippen LogP contribution is -2.63. The molecule has 1 amide bonds. The van der Waals surface area contributed by atoms with E-state index in [4.69, 9.17) is 16.6 Å². The smallest absolute Gasteiger partial charge is 0.238 e. The van der Waals surface area contributed by atoms with Crippen molar-refractivity contribution in [2.75, 3.05) is 32.7 Å². The van der Waals surface area contributed by atoms with Crippen molar-refractivity contribution < 1.29 is 4.79 Å². The van der Waals surface area contributed by atoms with Crippen LogP contribution in [0.15, 0.2) is 30.3 Å². The Morgan fingerprint density at radius 2 is 2.13 bits per heavy atom. The Bertz CT molecular complexity index is 750. The molecule has 2 aliphatic rings. The van der Waals surface area contributed by atoms with Crippen molar-refractivity contribution in [1.29, 1.82) is 0 Å². The van der Waals surface area contributed by atoms with Crippen LogP contribution in [0.4, 0.5) is 0 Å². The van der Waals surface area contributed by atoms with Crippen molar-refractivity contribution in [3.63, 3.8) is 0 Å². The van der Waals surface area contributed by atoms with Crippen molar-refractivity contribution in [2.45, 2.75) is 12.6 Å². The van der Waals surface area contributed by atoms with Crippen molar-refractivity contribution in [2.24, 2.45) is 0 Å². The highest BCUT2D eigenvalue weighted by atomic mass is 35.5. The van der Waals surface area contributed by atoms with Crippen molar-refractivity contribution in [3.05, 3.63) is 41.0 Å². The predicted molar refractivity (Wildman–Crippen MR) is 90.4 cm³/mol. The molecule has 1 aromatic carbocycles. The van der Waals surface area contributed by atoms with E-state index in [2.05, 4.69) is 21.2 Å². The number of pyridine rings is 1. The molecule has 0 aliphatic carbocycles. The maximum atomic E-state index is 12.0. The van der Waals surface area contributed by atoms with Crippen LogP contribution in [0.5, 0.6) is 0 Å². The van der Waals surface area contributed by atoms with Gasteiger partial charge in [0.1, 0.15) is 6.04 Å². The molecule has 4 rings (SSSR count). The van der Waals surface area contributed by atoms with Gasteiger partial charge in [0, 0.05) is 49.7 Å². The highest BCUT2D eigenvalue weighted by molar-refractivity contribution is 6.31. The molecule has 2 aliphatic heterocycles. The number of piperazine rings is 2. The van der Waals surface area contributed by atoms with Gasteiger partial charge in [0.05, 0.1) is 11.2 Å². The molecule has 1 atom stereocenters. The first kappa shape index (κ1) is 14.9. The monoisotopic (exact) mass is 330 g/mol. The van der Waals surface area contributed by atoms with Crippen LogP contribution in [0.1, 0.15) is 5.69 Å². The molecule has 6 heteroatoms. The molecule has 1 N–H and O–H groups in total. The number of aromatic nitrogens is 1. The van der Waals surface area contributed by atoms with Gasteiger partial charge in [-0.1, -0.05) is 17.7 Å². The highest BCUT2D eigenvalue weighted by Gasteiger charge is 2.34. The molecule has 23 heavy (non-hydrogen) atoms. The summed E-state index contributed by atoms with van der Waals surface area (Å²) in [5.74, 6) is 0.155. The minimum Gasteiger partial charge on any atom is -0.353 e. The van der Waals surface area contributed by atoms with Crippen LogP contribution < -0.4 is 5.32 Å². The average molecular weight is 331 g/mol. The molecule has 3 heterocycles. The standard InChI is InChI=1S/C17H19ClN4O/c18-13-2-4-15-12(9-13)1-3-14(20-15)10-21-7-8-22-6-5-19-17(23)16(22)11-21/h1-4,9,16H,5-8,10-11H2,(H,19,23). The first-order chi connectivity index (χ1) is 11.2. The maximum absolute atomic E-state index is 12.0. The molecule has 0 spiro atoms. The van der Waals surface area contributed by atoms with Gasteiger partial charge in [-0.3, -0.25) is 19.6 Å². The van der Waals surface area contributed by atoms with Gasteiger partial charge >= 0.3 is 0 Å². The first-order valence-corrected chi connectivity index (χ1v) is 8.36. The number of benzene rings is 1. The third kappa shape index (κ3) is 3.04. The number of rotatable bonds is 2. The fourth-order valence-electron chi connectivity index (χ4n) is 3.43. The van der Waals surface area contributed by atoms with Crippen LogP contribution in [0.3, 0.4) is 0 Å². The normalized spacial score (nSPS) is 22.8. The van der Waals surface area contributed by atoms with E-state index in [0.29, 0.717) is 0 Å². The predicted octanol–water partition coefficient (Wildman–Crippen LogP) is 1.50. The number of fused-ring (bicyclic) bond motifs is 2. The van der Waals surface area contributed by atoms with E-state index in [1.807, 2.05) is 24.3 Å². The molecular weight excluding hydrogens is 312 g/mol. The summed E-state index contributed by atoms with van der Waals surface area (Å²) in [5, 5.41) is 4.74. The summed E-state index contributed by atoms with van der Waals surface area (Å²) in [4.78, 5) is 21.3. The van der Waals surface area contributed by atoms with Crippen LogP contribution >= 0.6 is 11.6 Å². The Balaban J connectivity index is 1.49. The van der Waals surface area contributed by atoms with E-state index in [1.54, 1.807) is 0 Å². The number of halogens is 1. The largest absolute Gasteiger partial charge is 0.353 e. The Morgan fingerprint density at radius 1 is 1.22 bits per heavy atom. The minimum atomic E-state index is -0.0169. The number of hydrogen-bond acceptors (Lipinski definition) is 4. The average Bonchev–Trinajstić information content (AvgIpc) is 2.56. The summed E-state index contributed by atoms with van der Waals surface area (Å²) >= 11 is 6.01. The molecule has 1 unspecified atom stereocenters. The fraction of sp³-hybridized carbons (Fsp3) is 0.412. The Labute approximate surface area is 140 Å².